The van der Waals surface area contributed by atoms with Crippen LogP contribution in [0.25, 0.3) is 0 Å². The van der Waals surface area contributed by atoms with Crippen LogP contribution in [0.15, 0.2) is 18.2 Å². The van der Waals surface area contributed by atoms with Gasteiger partial charge in [0, 0.05) is 37.9 Å². The Morgan fingerprint density at radius 1 is 1.25 bits per heavy atom. The Morgan fingerprint density at radius 3 is 2.65 bits per heavy atom. The molecule has 2 aliphatic heterocycles. The molecule has 1 aromatic rings. The molecule has 0 N–H and O–H groups in total. The van der Waals surface area contributed by atoms with E-state index in [4.69, 9.17) is 4.74 Å². The van der Waals surface area contributed by atoms with Crippen LogP contribution in [-0.2, 0) is 11.2 Å². The van der Waals surface area contributed by atoms with Crippen LogP contribution < -0.4 is 4.90 Å². The molecule has 0 saturated carbocycles. The fourth-order valence-electron chi connectivity index (χ4n) is 3.23. The molecule has 0 radical (unpaired) electrons. The van der Waals surface area contributed by atoms with E-state index >= 15 is 0 Å². The van der Waals surface area contributed by atoms with Crippen molar-refractivity contribution < 1.29 is 9.53 Å². The first-order chi connectivity index (χ1) is 9.54. The monoisotopic (exact) mass is 274 g/mol. The summed E-state index contributed by atoms with van der Waals surface area (Å²) < 4.78 is 5.69. The lowest BCUT2D eigenvalue weighted by atomic mass is 10.1. The predicted molar refractivity (Wildman–Crippen MR) is 79.3 cm³/mol. The summed E-state index contributed by atoms with van der Waals surface area (Å²) in [4.78, 5) is 16.8. The third-order valence-electron chi connectivity index (χ3n) is 4.16. The molecule has 4 heteroatoms. The first-order valence-corrected chi connectivity index (χ1v) is 7.33. The molecule has 0 aromatic heterocycles. The normalized spacial score (nSPS) is 25.8. The van der Waals surface area contributed by atoms with Crippen molar-refractivity contribution in [2.45, 2.75) is 32.5 Å². The Balaban J connectivity index is 1.81. The molecule has 2 unspecified atom stereocenters. The molecule has 2 heterocycles. The molecular formula is C16H22N2O2. The van der Waals surface area contributed by atoms with Crippen molar-refractivity contribution in [3.8, 4) is 0 Å². The zero-order chi connectivity index (χ0) is 14.3. The quantitative estimate of drug-likeness (QED) is 0.784. The molecule has 1 amide bonds. The number of carbonyl (C=O) groups excluding carboxylic acids is 1. The van der Waals surface area contributed by atoms with Crippen molar-refractivity contribution >= 4 is 11.6 Å². The number of nitrogens with zero attached hydrogens (tertiary/aromatic N) is 2. The Kier molecular flexibility index (Phi) is 3.42. The highest BCUT2D eigenvalue weighted by molar-refractivity contribution is 5.95. The van der Waals surface area contributed by atoms with Gasteiger partial charge in [-0.25, -0.2) is 0 Å². The van der Waals surface area contributed by atoms with E-state index < -0.39 is 0 Å². The van der Waals surface area contributed by atoms with Gasteiger partial charge in [-0.05, 0) is 44.0 Å². The Morgan fingerprint density at radius 2 is 1.95 bits per heavy atom. The van der Waals surface area contributed by atoms with E-state index in [1.165, 1.54) is 11.3 Å². The number of hydrogen-bond donors (Lipinski definition) is 0. The number of morpholine rings is 1. The van der Waals surface area contributed by atoms with E-state index in [2.05, 4.69) is 24.1 Å². The second-order valence-corrected chi connectivity index (χ2v) is 5.98. The molecule has 4 nitrogen and oxygen atoms in total. The van der Waals surface area contributed by atoms with E-state index in [1.807, 2.05) is 24.8 Å². The van der Waals surface area contributed by atoms with Gasteiger partial charge in [-0.1, -0.05) is 0 Å². The summed E-state index contributed by atoms with van der Waals surface area (Å²) in [6.07, 6.45) is 1.26. The number of hydrogen-bond acceptors (Lipinski definition) is 3. The molecule has 1 fully saturated rings. The Labute approximate surface area is 120 Å². The van der Waals surface area contributed by atoms with Gasteiger partial charge >= 0.3 is 0 Å². The van der Waals surface area contributed by atoms with Crippen molar-refractivity contribution in [2.24, 2.45) is 0 Å². The summed E-state index contributed by atoms with van der Waals surface area (Å²) in [6.45, 7) is 6.44. The van der Waals surface area contributed by atoms with Gasteiger partial charge in [0.05, 0.1) is 12.2 Å². The number of benzene rings is 1. The molecular weight excluding hydrogens is 252 g/mol. The second kappa shape index (κ2) is 5.09. The highest BCUT2D eigenvalue weighted by Gasteiger charge is 2.27. The standard InChI is InChI=1S/C16H22N2O2/c1-11-9-18(10-12(2)20-11)16(19)14-4-5-15-13(8-14)6-7-17(15)3/h4-5,8,11-12H,6-7,9-10H2,1-3H3. The molecule has 20 heavy (non-hydrogen) atoms. The second-order valence-electron chi connectivity index (χ2n) is 5.98. The Hall–Kier alpha value is -1.55. The van der Waals surface area contributed by atoms with Gasteiger partial charge < -0.3 is 14.5 Å². The topological polar surface area (TPSA) is 32.8 Å². The molecule has 2 aliphatic rings. The molecule has 1 saturated heterocycles. The van der Waals surface area contributed by atoms with Gasteiger partial charge in [0.25, 0.3) is 5.91 Å². The summed E-state index contributed by atoms with van der Waals surface area (Å²) in [5, 5.41) is 0. The van der Waals surface area contributed by atoms with Crippen LogP contribution in [0.4, 0.5) is 5.69 Å². The van der Waals surface area contributed by atoms with E-state index in [-0.39, 0.29) is 18.1 Å². The van der Waals surface area contributed by atoms with Gasteiger partial charge in [0.15, 0.2) is 0 Å². The SMILES string of the molecule is CC1CN(C(=O)c2ccc3c(c2)CCN3C)CC(C)O1. The fourth-order valence-corrected chi connectivity index (χ4v) is 3.23. The number of likely N-dealkylation sites (N-methyl/N-ethyl adjacent to an activating group) is 1. The summed E-state index contributed by atoms with van der Waals surface area (Å²) in [5.41, 5.74) is 3.35. The van der Waals surface area contributed by atoms with Crippen LogP contribution in [-0.4, -0.2) is 49.7 Å². The lowest BCUT2D eigenvalue weighted by molar-refractivity contribution is -0.0586. The molecule has 0 bridgehead atoms. The number of carbonyl (C=O) groups is 1. The molecule has 3 rings (SSSR count). The van der Waals surface area contributed by atoms with Crippen LogP contribution in [0.3, 0.4) is 0 Å². The smallest absolute Gasteiger partial charge is 0.254 e. The molecule has 2 atom stereocenters. The van der Waals surface area contributed by atoms with Crippen LogP contribution in [0.1, 0.15) is 29.8 Å². The first kappa shape index (κ1) is 13.4. The zero-order valence-electron chi connectivity index (χ0n) is 12.4. The fraction of sp³-hybridized carbons (Fsp3) is 0.562. The van der Waals surface area contributed by atoms with Crippen LogP contribution in [0, 0.1) is 0 Å². The number of anilines is 1. The third-order valence-corrected chi connectivity index (χ3v) is 4.16. The number of fused-ring (bicyclic) bond motifs is 1. The minimum Gasteiger partial charge on any atom is -0.374 e. The lowest BCUT2D eigenvalue weighted by Crippen LogP contribution is -2.48. The lowest BCUT2D eigenvalue weighted by Gasteiger charge is -2.35. The maximum atomic E-state index is 12.6. The van der Waals surface area contributed by atoms with Crippen LogP contribution >= 0.6 is 0 Å². The van der Waals surface area contributed by atoms with Gasteiger partial charge in [-0.2, -0.15) is 0 Å². The van der Waals surface area contributed by atoms with Gasteiger partial charge in [-0.3, -0.25) is 4.79 Å². The number of rotatable bonds is 1. The third kappa shape index (κ3) is 2.40. The van der Waals surface area contributed by atoms with Crippen molar-refractivity contribution in [1.29, 1.82) is 0 Å². The summed E-state index contributed by atoms with van der Waals surface area (Å²) in [5.74, 6) is 0.129. The minimum atomic E-state index is 0.114. The van der Waals surface area contributed by atoms with Gasteiger partial charge in [0.1, 0.15) is 0 Å². The highest BCUT2D eigenvalue weighted by Crippen LogP contribution is 2.28. The largest absolute Gasteiger partial charge is 0.374 e. The highest BCUT2D eigenvalue weighted by atomic mass is 16.5. The molecule has 1 aromatic carbocycles. The van der Waals surface area contributed by atoms with E-state index in [0.29, 0.717) is 13.1 Å². The molecule has 0 aliphatic carbocycles. The maximum Gasteiger partial charge on any atom is 0.254 e. The minimum absolute atomic E-state index is 0.114. The van der Waals surface area contributed by atoms with E-state index in [9.17, 15) is 4.79 Å². The average Bonchev–Trinajstić information content (AvgIpc) is 2.78. The van der Waals surface area contributed by atoms with Crippen molar-refractivity contribution in [1.82, 2.24) is 4.90 Å². The van der Waals surface area contributed by atoms with Gasteiger partial charge in [0.2, 0.25) is 0 Å². The summed E-state index contributed by atoms with van der Waals surface area (Å²) in [7, 11) is 2.10. The summed E-state index contributed by atoms with van der Waals surface area (Å²) >= 11 is 0. The van der Waals surface area contributed by atoms with Crippen molar-refractivity contribution in [2.75, 3.05) is 31.6 Å². The van der Waals surface area contributed by atoms with Gasteiger partial charge in [-0.15, -0.1) is 0 Å². The van der Waals surface area contributed by atoms with E-state index in [1.54, 1.807) is 0 Å². The average molecular weight is 274 g/mol. The zero-order valence-corrected chi connectivity index (χ0v) is 12.4. The van der Waals surface area contributed by atoms with Crippen molar-refractivity contribution in [3.63, 3.8) is 0 Å². The molecule has 0 spiro atoms. The number of amides is 1. The summed E-state index contributed by atoms with van der Waals surface area (Å²) in [6, 6.07) is 6.09. The van der Waals surface area contributed by atoms with Crippen LogP contribution in [0.5, 0.6) is 0 Å². The van der Waals surface area contributed by atoms with E-state index in [0.717, 1.165) is 18.5 Å². The maximum absolute atomic E-state index is 12.6. The molecule has 108 valence electrons. The van der Waals surface area contributed by atoms with Crippen LogP contribution in [0.2, 0.25) is 0 Å². The van der Waals surface area contributed by atoms with Crippen molar-refractivity contribution in [3.05, 3.63) is 29.3 Å². The predicted octanol–water partition coefficient (Wildman–Crippen LogP) is 1.93. The number of ether oxygens (including phenoxy) is 1. The first-order valence-electron chi connectivity index (χ1n) is 7.33. The Bertz CT molecular complexity index is 519.